The summed E-state index contributed by atoms with van der Waals surface area (Å²) in [6.45, 7) is 0.316. The van der Waals surface area contributed by atoms with Crippen LogP contribution >= 0.6 is 0 Å². The van der Waals surface area contributed by atoms with Crippen molar-refractivity contribution in [2.24, 2.45) is 5.73 Å². The molecule has 0 fully saturated rings. The average Bonchev–Trinajstić information content (AvgIpc) is 2.67. The van der Waals surface area contributed by atoms with Gasteiger partial charge in [-0.2, -0.15) is 5.10 Å². The first-order chi connectivity index (χ1) is 6.79. The third-order valence-corrected chi connectivity index (χ3v) is 1.77. The fraction of sp³-hybridized carbons (Fsp3) is 0.125. The van der Waals surface area contributed by atoms with E-state index in [1.807, 2.05) is 0 Å². The van der Waals surface area contributed by atoms with Crippen LogP contribution in [0.2, 0.25) is 0 Å². The van der Waals surface area contributed by atoms with E-state index in [9.17, 15) is 4.79 Å². The molecule has 0 unspecified atom stereocenters. The van der Waals surface area contributed by atoms with Gasteiger partial charge in [-0.25, -0.2) is 4.98 Å². The Bertz CT molecular complexity index is 466. The lowest BCUT2D eigenvalue weighted by molar-refractivity contribution is 0.917. The Morgan fingerprint density at radius 1 is 1.43 bits per heavy atom. The van der Waals surface area contributed by atoms with Crippen molar-refractivity contribution < 1.29 is 0 Å². The lowest BCUT2D eigenvalue weighted by Crippen LogP contribution is -2.01. The molecule has 0 atom stereocenters. The van der Waals surface area contributed by atoms with Crippen LogP contribution in [-0.2, 0) is 6.54 Å². The van der Waals surface area contributed by atoms with Gasteiger partial charge in [0.1, 0.15) is 5.82 Å². The molecule has 4 N–H and O–H groups in total. The van der Waals surface area contributed by atoms with E-state index >= 15 is 0 Å². The van der Waals surface area contributed by atoms with Crippen molar-refractivity contribution in [1.29, 1.82) is 0 Å². The summed E-state index contributed by atoms with van der Waals surface area (Å²) in [6.07, 6.45) is 1.56. The van der Waals surface area contributed by atoms with E-state index in [2.05, 4.69) is 20.2 Å². The van der Waals surface area contributed by atoms with Gasteiger partial charge < -0.3 is 10.7 Å². The fourth-order valence-electron chi connectivity index (χ4n) is 1.07. The van der Waals surface area contributed by atoms with Crippen molar-refractivity contribution in [3.63, 3.8) is 0 Å². The fourth-order valence-corrected chi connectivity index (χ4v) is 1.07. The summed E-state index contributed by atoms with van der Waals surface area (Å²) in [4.78, 5) is 17.5. The Morgan fingerprint density at radius 3 is 2.86 bits per heavy atom. The van der Waals surface area contributed by atoms with Crippen LogP contribution in [0, 0.1) is 0 Å². The standard InChI is InChI=1S/C8H9N5O/c9-3-6-11-8(13-12-6)5-1-2-7(14)10-4-5/h1-2,4H,3,9H2,(H,10,14)(H,11,12,13). The van der Waals surface area contributed by atoms with Crippen molar-refractivity contribution in [3.8, 4) is 11.4 Å². The normalized spacial score (nSPS) is 10.4. The highest BCUT2D eigenvalue weighted by Crippen LogP contribution is 2.10. The first kappa shape index (κ1) is 8.64. The number of nitrogens with zero attached hydrogens (tertiary/aromatic N) is 2. The maximum absolute atomic E-state index is 10.8. The van der Waals surface area contributed by atoms with Gasteiger partial charge in [0.15, 0.2) is 5.82 Å². The molecule has 2 aromatic rings. The molecule has 0 saturated carbocycles. The molecule has 0 aliphatic heterocycles. The molecule has 0 aliphatic rings. The van der Waals surface area contributed by atoms with Gasteiger partial charge in [-0.3, -0.25) is 9.89 Å². The van der Waals surface area contributed by atoms with Crippen molar-refractivity contribution in [2.45, 2.75) is 6.54 Å². The summed E-state index contributed by atoms with van der Waals surface area (Å²) >= 11 is 0. The van der Waals surface area contributed by atoms with Gasteiger partial charge in [-0.15, -0.1) is 0 Å². The second kappa shape index (κ2) is 3.43. The van der Waals surface area contributed by atoms with E-state index in [0.29, 0.717) is 18.2 Å². The molecule has 2 aromatic heterocycles. The summed E-state index contributed by atoms with van der Waals surface area (Å²) < 4.78 is 0. The van der Waals surface area contributed by atoms with Crippen LogP contribution in [0.4, 0.5) is 0 Å². The molecule has 6 heteroatoms. The lowest BCUT2D eigenvalue weighted by atomic mass is 10.3. The van der Waals surface area contributed by atoms with Gasteiger partial charge in [0.05, 0.1) is 6.54 Å². The van der Waals surface area contributed by atoms with Crippen LogP contribution in [0.3, 0.4) is 0 Å². The van der Waals surface area contributed by atoms with Crippen molar-refractivity contribution >= 4 is 0 Å². The zero-order chi connectivity index (χ0) is 9.97. The smallest absolute Gasteiger partial charge is 0.247 e. The molecular weight excluding hydrogens is 182 g/mol. The van der Waals surface area contributed by atoms with Gasteiger partial charge in [-0.1, -0.05) is 0 Å². The van der Waals surface area contributed by atoms with Gasteiger partial charge in [0.2, 0.25) is 5.56 Å². The minimum absolute atomic E-state index is 0.150. The Kier molecular flexibility index (Phi) is 2.11. The van der Waals surface area contributed by atoms with Crippen LogP contribution in [0.25, 0.3) is 11.4 Å². The van der Waals surface area contributed by atoms with Crippen LogP contribution < -0.4 is 11.3 Å². The number of pyridine rings is 1. The van der Waals surface area contributed by atoms with Crippen LogP contribution in [-0.4, -0.2) is 20.2 Å². The zero-order valence-corrected chi connectivity index (χ0v) is 7.32. The molecular formula is C8H9N5O. The number of hydrogen-bond acceptors (Lipinski definition) is 4. The van der Waals surface area contributed by atoms with E-state index in [1.165, 1.54) is 6.07 Å². The van der Waals surface area contributed by atoms with Crippen LogP contribution in [0.5, 0.6) is 0 Å². The van der Waals surface area contributed by atoms with Gasteiger partial charge in [0.25, 0.3) is 0 Å². The van der Waals surface area contributed by atoms with Crippen LogP contribution in [0.15, 0.2) is 23.1 Å². The molecule has 0 aromatic carbocycles. The topological polar surface area (TPSA) is 100 Å². The SMILES string of the molecule is NCc1nc(-c2ccc(=O)[nH]c2)n[nH]1. The number of nitrogens with two attached hydrogens (primary N) is 1. The summed E-state index contributed by atoms with van der Waals surface area (Å²) in [5, 5.41) is 6.64. The number of aromatic nitrogens is 4. The van der Waals surface area contributed by atoms with Crippen molar-refractivity contribution in [2.75, 3.05) is 0 Å². The molecule has 0 saturated heterocycles. The molecule has 6 nitrogen and oxygen atoms in total. The molecule has 0 bridgehead atoms. The molecule has 0 spiro atoms. The number of hydrogen-bond donors (Lipinski definition) is 3. The lowest BCUT2D eigenvalue weighted by Gasteiger charge is -1.91. The maximum atomic E-state index is 10.8. The largest absolute Gasteiger partial charge is 0.328 e. The average molecular weight is 191 g/mol. The Labute approximate surface area is 79.2 Å². The van der Waals surface area contributed by atoms with Gasteiger partial charge in [0, 0.05) is 17.8 Å². The third-order valence-electron chi connectivity index (χ3n) is 1.77. The summed E-state index contributed by atoms with van der Waals surface area (Å²) in [5.41, 5.74) is 5.97. The molecule has 14 heavy (non-hydrogen) atoms. The second-order valence-corrected chi connectivity index (χ2v) is 2.75. The summed E-state index contributed by atoms with van der Waals surface area (Å²) in [5.74, 6) is 1.15. The maximum Gasteiger partial charge on any atom is 0.247 e. The summed E-state index contributed by atoms with van der Waals surface area (Å²) in [6, 6.07) is 3.08. The monoisotopic (exact) mass is 191 g/mol. The highest BCUT2D eigenvalue weighted by Gasteiger charge is 2.03. The Balaban J connectivity index is 2.39. The Hall–Kier alpha value is -1.95. The predicted molar refractivity (Wildman–Crippen MR) is 50.3 cm³/mol. The van der Waals surface area contributed by atoms with E-state index in [0.717, 1.165) is 5.56 Å². The molecule has 0 amide bonds. The molecule has 0 aliphatic carbocycles. The molecule has 0 radical (unpaired) electrons. The minimum atomic E-state index is -0.150. The first-order valence-electron chi connectivity index (χ1n) is 4.10. The van der Waals surface area contributed by atoms with E-state index in [4.69, 9.17) is 5.73 Å². The zero-order valence-electron chi connectivity index (χ0n) is 7.32. The van der Waals surface area contributed by atoms with Gasteiger partial charge >= 0.3 is 0 Å². The van der Waals surface area contributed by atoms with E-state index < -0.39 is 0 Å². The molecule has 2 heterocycles. The second-order valence-electron chi connectivity index (χ2n) is 2.75. The first-order valence-corrected chi connectivity index (χ1v) is 4.10. The molecule has 2 rings (SSSR count). The van der Waals surface area contributed by atoms with E-state index in [1.54, 1.807) is 12.3 Å². The minimum Gasteiger partial charge on any atom is -0.328 e. The Morgan fingerprint density at radius 2 is 2.29 bits per heavy atom. The van der Waals surface area contributed by atoms with E-state index in [-0.39, 0.29) is 5.56 Å². The predicted octanol–water partition coefficient (Wildman–Crippen LogP) is -0.381. The summed E-state index contributed by atoms with van der Waals surface area (Å²) in [7, 11) is 0. The highest BCUT2D eigenvalue weighted by molar-refractivity contribution is 5.52. The van der Waals surface area contributed by atoms with Crippen molar-refractivity contribution in [3.05, 3.63) is 34.5 Å². The van der Waals surface area contributed by atoms with Crippen LogP contribution in [0.1, 0.15) is 5.82 Å². The number of rotatable bonds is 2. The highest BCUT2D eigenvalue weighted by atomic mass is 16.1. The van der Waals surface area contributed by atoms with Crippen molar-refractivity contribution in [1.82, 2.24) is 20.2 Å². The third kappa shape index (κ3) is 1.55. The molecule has 72 valence electrons. The number of aromatic amines is 2. The quantitative estimate of drug-likeness (QED) is 0.602. The number of nitrogens with one attached hydrogen (secondary N) is 2. The van der Waals surface area contributed by atoms with Gasteiger partial charge in [-0.05, 0) is 6.07 Å². The number of H-pyrrole nitrogens is 2.